The molecule has 104 valence electrons. The van der Waals surface area contributed by atoms with Gasteiger partial charge in [0, 0.05) is 6.42 Å². The lowest BCUT2D eigenvalue weighted by molar-refractivity contribution is -0.123. The van der Waals surface area contributed by atoms with Crippen LogP contribution in [0.1, 0.15) is 70.6 Å². The van der Waals surface area contributed by atoms with Crippen molar-refractivity contribution in [3.8, 4) is 0 Å². The highest BCUT2D eigenvalue weighted by molar-refractivity contribution is 5.76. The summed E-state index contributed by atoms with van der Waals surface area (Å²) in [4.78, 5) is 11.9. The van der Waals surface area contributed by atoms with Gasteiger partial charge in [0.2, 0.25) is 5.91 Å². The fourth-order valence-electron chi connectivity index (χ4n) is 3.37. The standard InChI is InChI=1S/C15H27NO2/c17-14-9-5-4-8-13(14)16-15(18)11-10-12-6-2-1-3-7-12/h12-14,17H,1-11H2,(H,16,18)/t13-,14-/m1/s1. The van der Waals surface area contributed by atoms with Crippen LogP contribution in [0.25, 0.3) is 0 Å². The summed E-state index contributed by atoms with van der Waals surface area (Å²) in [5.41, 5.74) is 0. The molecule has 2 aliphatic rings. The minimum Gasteiger partial charge on any atom is -0.391 e. The fraction of sp³-hybridized carbons (Fsp3) is 0.933. The molecule has 2 fully saturated rings. The van der Waals surface area contributed by atoms with Crippen molar-refractivity contribution in [1.29, 1.82) is 0 Å². The Hall–Kier alpha value is -0.570. The number of nitrogens with one attached hydrogen (secondary N) is 1. The molecule has 0 aromatic heterocycles. The molecule has 0 saturated heterocycles. The summed E-state index contributed by atoms with van der Waals surface area (Å²) in [6.45, 7) is 0. The van der Waals surface area contributed by atoms with E-state index < -0.39 is 0 Å². The van der Waals surface area contributed by atoms with E-state index in [0.717, 1.165) is 38.0 Å². The van der Waals surface area contributed by atoms with Gasteiger partial charge in [-0.15, -0.1) is 0 Å². The highest BCUT2D eigenvalue weighted by Gasteiger charge is 2.24. The SMILES string of the molecule is O=C(CCC1CCCCC1)N[C@@H]1CCCC[C@H]1O. The minimum atomic E-state index is -0.322. The van der Waals surface area contributed by atoms with Gasteiger partial charge in [-0.2, -0.15) is 0 Å². The number of carbonyl (C=O) groups is 1. The number of hydrogen-bond donors (Lipinski definition) is 2. The number of hydrogen-bond acceptors (Lipinski definition) is 2. The summed E-state index contributed by atoms with van der Waals surface area (Å²) in [5.74, 6) is 0.910. The lowest BCUT2D eigenvalue weighted by atomic mass is 9.86. The molecule has 0 heterocycles. The van der Waals surface area contributed by atoms with Crippen LogP contribution in [0, 0.1) is 5.92 Å². The molecule has 0 radical (unpaired) electrons. The largest absolute Gasteiger partial charge is 0.391 e. The normalized spacial score (nSPS) is 30.1. The molecule has 3 heteroatoms. The summed E-state index contributed by atoms with van der Waals surface area (Å²) >= 11 is 0. The molecule has 0 aromatic carbocycles. The van der Waals surface area contributed by atoms with Gasteiger partial charge in [-0.3, -0.25) is 4.79 Å². The number of amides is 1. The van der Waals surface area contributed by atoms with Gasteiger partial charge in [0.15, 0.2) is 0 Å². The van der Waals surface area contributed by atoms with E-state index >= 15 is 0 Å². The molecule has 2 aliphatic carbocycles. The number of aliphatic hydroxyl groups excluding tert-OH is 1. The Labute approximate surface area is 110 Å². The van der Waals surface area contributed by atoms with Gasteiger partial charge < -0.3 is 10.4 Å². The Morgan fingerprint density at radius 3 is 2.39 bits per heavy atom. The minimum absolute atomic E-state index is 0.0117. The van der Waals surface area contributed by atoms with Crippen LogP contribution < -0.4 is 5.32 Å². The van der Waals surface area contributed by atoms with Crippen molar-refractivity contribution in [3.63, 3.8) is 0 Å². The van der Waals surface area contributed by atoms with Crippen LogP contribution in [-0.2, 0) is 4.79 Å². The summed E-state index contributed by atoms with van der Waals surface area (Å²) < 4.78 is 0. The van der Waals surface area contributed by atoms with Crippen molar-refractivity contribution in [2.75, 3.05) is 0 Å². The predicted molar refractivity (Wildman–Crippen MR) is 72.2 cm³/mol. The number of carbonyl (C=O) groups excluding carboxylic acids is 1. The van der Waals surface area contributed by atoms with Gasteiger partial charge in [-0.25, -0.2) is 0 Å². The average molecular weight is 253 g/mol. The van der Waals surface area contributed by atoms with Crippen molar-refractivity contribution >= 4 is 5.91 Å². The van der Waals surface area contributed by atoms with Crippen molar-refractivity contribution in [3.05, 3.63) is 0 Å². The van der Waals surface area contributed by atoms with Crippen LogP contribution in [0.15, 0.2) is 0 Å². The second-order valence-electron chi connectivity index (χ2n) is 6.07. The molecule has 0 aliphatic heterocycles. The van der Waals surface area contributed by atoms with Crippen molar-refractivity contribution in [2.45, 2.75) is 82.8 Å². The number of aliphatic hydroxyl groups is 1. The zero-order chi connectivity index (χ0) is 12.8. The summed E-state index contributed by atoms with van der Waals surface area (Å²) in [6, 6.07) is 0.0117. The Kier molecular flexibility index (Phi) is 5.48. The van der Waals surface area contributed by atoms with E-state index in [1.165, 1.54) is 32.1 Å². The van der Waals surface area contributed by atoms with E-state index in [2.05, 4.69) is 5.32 Å². The second-order valence-corrected chi connectivity index (χ2v) is 6.07. The van der Waals surface area contributed by atoms with E-state index in [9.17, 15) is 9.90 Å². The molecule has 2 saturated carbocycles. The molecule has 3 nitrogen and oxygen atoms in total. The average Bonchev–Trinajstić information content (AvgIpc) is 2.40. The number of rotatable bonds is 4. The predicted octanol–water partition coefficient (Wildman–Crippen LogP) is 2.77. The molecular formula is C15H27NO2. The second kappa shape index (κ2) is 7.13. The highest BCUT2D eigenvalue weighted by Crippen LogP contribution is 2.27. The van der Waals surface area contributed by atoms with Crippen LogP contribution in [0.3, 0.4) is 0 Å². The maximum absolute atomic E-state index is 11.9. The Balaban J connectivity index is 1.64. The molecular weight excluding hydrogens is 226 g/mol. The first kappa shape index (κ1) is 13.9. The van der Waals surface area contributed by atoms with Crippen LogP contribution in [0.4, 0.5) is 0 Å². The Morgan fingerprint density at radius 2 is 1.67 bits per heavy atom. The van der Waals surface area contributed by atoms with Crippen LogP contribution in [-0.4, -0.2) is 23.2 Å². The van der Waals surface area contributed by atoms with Crippen LogP contribution in [0.5, 0.6) is 0 Å². The molecule has 2 rings (SSSR count). The first-order valence-corrected chi connectivity index (χ1v) is 7.73. The molecule has 2 N–H and O–H groups in total. The lowest BCUT2D eigenvalue weighted by Gasteiger charge is -2.28. The topological polar surface area (TPSA) is 49.3 Å². The van der Waals surface area contributed by atoms with Gasteiger partial charge in [0.05, 0.1) is 12.1 Å². The fourth-order valence-corrected chi connectivity index (χ4v) is 3.37. The molecule has 2 atom stereocenters. The van der Waals surface area contributed by atoms with Crippen molar-refractivity contribution in [1.82, 2.24) is 5.32 Å². The third-order valence-electron chi connectivity index (χ3n) is 4.58. The smallest absolute Gasteiger partial charge is 0.220 e. The maximum atomic E-state index is 11.9. The van der Waals surface area contributed by atoms with Gasteiger partial charge in [-0.1, -0.05) is 44.9 Å². The maximum Gasteiger partial charge on any atom is 0.220 e. The quantitative estimate of drug-likeness (QED) is 0.809. The van der Waals surface area contributed by atoms with E-state index in [0.29, 0.717) is 6.42 Å². The first-order valence-electron chi connectivity index (χ1n) is 7.73. The summed E-state index contributed by atoms with van der Waals surface area (Å²) in [5, 5.41) is 12.8. The molecule has 1 amide bonds. The Morgan fingerprint density at radius 1 is 1.00 bits per heavy atom. The van der Waals surface area contributed by atoms with Gasteiger partial charge in [0.25, 0.3) is 0 Å². The molecule has 18 heavy (non-hydrogen) atoms. The highest BCUT2D eigenvalue weighted by atomic mass is 16.3. The van der Waals surface area contributed by atoms with Crippen molar-refractivity contribution < 1.29 is 9.90 Å². The van der Waals surface area contributed by atoms with Gasteiger partial charge in [0.1, 0.15) is 0 Å². The zero-order valence-corrected chi connectivity index (χ0v) is 11.4. The first-order chi connectivity index (χ1) is 8.75. The van der Waals surface area contributed by atoms with E-state index in [1.807, 2.05) is 0 Å². The monoisotopic (exact) mass is 253 g/mol. The van der Waals surface area contributed by atoms with E-state index in [4.69, 9.17) is 0 Å². The lowest BCUT2D eigenvalue weighted by Crippen LogP contribution is -2.45. The zero-order valence-electron chi connectivity index (χ0n) is 11.4. The van der Waals surface area contributed by atoms with E-state index in [-0.39, 0.29) is 18.1 Å². The van der Waals surface area contributed by atoms with Crippen LogP contribution in [0.2, 0.25) is 0 Å². The molecule has 0 bridgehead atoms. The summed E-state index contributed by atoms with van der Waals surface area (Å²) in [6.07, 6.45) is 12.0. The molecule has 0 aromatic rings. The van der Waals surface area contributed by atoms with Gasteiger partial charge >= 0.3 is 0 Å². The third kappa shape index (κ3) is 4.27. The molecule has 0 spiro atoms. The molecule has 0 unspecified atom stereocenters. The van der Waals surface area contributed by atoms with E-state index in [1.54, 1.807) is 0 Å². The van der Waals surface area contributed by atoms with Gasteiger partial charge in [-0.05, 0) is 25.2 Å². The Bertz CT molecular complexity index is 261. The van der Waals surface area contributed by atoms with Crippen LogP contribution >= 0.6 is 0 Å². The van der Waals surface area contributed by atoms with Crippen molar-refractivity contribution in [2.24, 2.45) is 5.92 Å². The summed E-state index contributed by atoms with van der Waals surface area (Å²) in [7, 11) is 0. The third-order valence-corrected chi connectivity index (χ3v) is 4.58.